The van der Waals surface area contributed by atoms with Crippen molar-refractivity contribution in [1.82, 2.24) is 14.7 Å². The third kappa shape index (κ3) is 2.70. The molecule has 3 rings (SSSR count). The lowest BCUT2D eigenvalue weighted by molar-refractivity contribution is -0.143. The number of aryl methyl sites for hydroxylation is 1. The van der Waals surface area contributed by atoms with Crippen molar-refractivity contribution in [2.24, 2.45) is 0 Å². The zero-order valence-corrected chi connectivity index (χ0v) is 13.2. The van der Waals surface area contributed by atoms with Crippen molar-refractivity contribution in [2.75, 3.05) is 11.5 Å². The first kappa shape index (κ1) is 15.5. The first-order chi connectivity index (χ1) is 10.9. The van der Waals surface area contributed by atoms with Crippen molar-refractivity contribution in [3.8, 4) is 0 Å². The van der Waals surface area contributed by atoms with Crippen molar-refractivity contribution in [3.05, 3.63) is 46.0 Å². The number of hydrogen-bond donors (Lipinski definition) is 2. The minimum absolute atomic E-state index is 0.163. The second-order valence-corrected chi connectivity index (χ2v) is 6.66. The highest BCUT2D eigenvalue weighted by Crippen LogP contribution is 2.28. The summed E-state index contributed by atoms with van der Waals surface area (Å²) in [6.45, 7) is 1.88. The molecule has 1 saturated heterocycles. The lowest BCUT2D eigenvalue weighted by atomic mass is 9.99. The monoisotopic (exact) mass is 333 g/mol. The second kappa shape index (κ2) is 5.69. The van der Waals surface area contributed by atoms with E-state index < -0.39 is 23.0 Å². The van der Waals surface area contributed by atoms with E-state index in [2.05, 4.69) is 10.3 Å². The quantitative estimate of drug-likeness (QED) is 0.857. The van der Waals surface area contributed by atoms with Gasteiger partial charge in [0.1, 0.15) is 16.7 Å². The van der Waals surface area contributed by atoms with Crippen LogP contribution in [-0.2, 0) is 4.79 Å². The van der Waals surface area contributed by atoms with Gasteiger partial charge in [0.2, 0.25) is 0 Å². The zero-order valence-electron chi connectivity index (χ0n) is 12.4. The van der Waals surface area contributed by atoms with Gasteiger partial charge < -0.3 is 10.4 Å². The van der Waals surface area contributed by atoms with Crippen LogP contribution < -0.4 is 10.9 Å². The summed E-state index contributed by atoms with van der Waals surface area (Å²) >= 11 is 1.46. The van der Waals surface area contributed by atoms with Gasteiger partial charge in [0.05, 0.1) is 0 Å². The molecule has 0 bridgehead atoms. The molecule has 1 aliphatic rings. The molecule has 8 heteroatoms. The van der Waals surface area contributed by atoms with Crippen LogP contribution in [0.2, 0.25) is 0 Å². The number of carboxylic acid groups (broad SMARTS) is 1. The van der Waals surface area contributed by atoms with Crippen molar-refractivity contribution in [1.29, 1.82) is 0 Å². The minimum Gasteiger partial charge on any atom is -0.479 e. The van der Waals surface area contributed by atoms with Gasteiger partial charge in [-0.05, 0) is 36.8 Å². The summed E-state index contributed by atoms with van der Waals surface area (Å²) < 4.78 is 1.28. The van der Waals surface area contributed by atoms with E-state index in [1.54, 1.807) is 18.3 Å². The fourth-order valence-corrected chi connectivity index (χ4v) is 3.83. The van der Waals surface area contributed by atoms with Crippen LogP contribution in [-0.4, -0.2) is 43.4 Å². The molecule has 0 spiro atoms. The number of nitrogens with zero attached hydrogens (tertiary/aromatic N) is 2. The number of carbonyl (C=O) groups excluding carboxylic acids is 1. The molecule has 0 aliphatic carbocycles. The number of rotatable bonds is 3. The lowest BCUT2D eigenvalue weighted by Gasteiger charge is -2.24. The summed E-state index contributed by atoms with van der Waals surface area (Å²) in [7, 11) is 0. The Morgan fingerprint density at radius 3 is 2.91 bits per heavy atom. The Morgan fingerprint density at radius 1 is 1.48 bits per heavy atom. The Bertz CT molecular complexity index is 855. The Balaban J connectivity index is 1.98. The van der Waals surface area contributed by atoms with Crippen LogP contribution in [0.15, 0.2) is 29.3 Å². The molecule has 2 aromatic rings. The van der Waals surface area contributed by atoms with E-state index in [1.165, 1.54) is 22.4 Å². The minimum atomic E-state index is -1.32. The summed E-state index contributed by atoms with van der Waals surface area (Å²) in [5.41, 5.74) is -0.610. The summed E-state index contributed by atoms with van der Waals surface area (Å²) in [5.74, 6) is -0.848. The number of hydrogen-bond acceptors (Lipinski definition) is 5. The summed E-state index contributed by atoms with van der Waals surface area (Å²) in [6, 6.07) is 3.47. The Morgan fingerprint density at radius 2 is 2.26 bits per heavy atom. The Kier molecular flexibility index (Phi) is 3.85. The second-order valence-electron chi connectivity index (χ2n) is 5.55. The number of aliphatic carboxylic acids is 1. The molecule has 1 aliphatic heterocycles. The molecule has 3 heterocycles. The number of thioether (sulfide) groups is 1. The van der Waals surface area contributed by atoms with Crippen LogP contribution in [0.25, 0.3) is 5.65 Å². The average molecular weight is 333 g/mol. The molecule has 1 amide bonds. The molecule has 0 radical (unpaired) electrons. The highest BCUT2D eigenvalue weighted by molar-refractivity contribution is 7.99. The van der Waals surface area contributed by atoms with Gasteiger partial charge in [0.25, 0.3) is 11.5 Å². The van der Waals surface area contributed by atoms with Gasteiger partial charge in [-0.25, -0.2) is 9.78 Å². The van der Waals surface area contributed by atoms with E-state index >= 15 is 0 Å². The predicted molar refractivity (Wildman–Crippen MR) is 86.0 cm³/mol. The number of amides is 1. The maximum absolute atomic E-state index is 12.4. The molecule has 1 unspecified atom stereocenters. The van der Waals surface area contributed by atoms with Gasteiger partial charge in [-0.1, -0.05) is 0 Å². The Labute approximate surface area is 135 Å². The van der Waals surface area contributed by atoms with Gasteiger partial charge in [-0.15, -0.1) is 0 Å². The summed E-state index contributed by atoms with van der Waals surface area (Å²) in [4.78, 5) is 40.5. The number of aromatic nitrogens is 2. The highest BCUT2D eigenvalue weighted by atomic mass is 32.2. The van der Waals surface area contributed by atoms with Crippen LogP contribution in [0.3, 0.4) is 0 Å². The molecule has 0 saturated carbocycles. The van der Waals surface area contributed by atoms with Crippen molar-refractivity contribution in [3.63, 3.8) is 0 Å². The molecule has 2 aromatic heterocycles. The van der Waals surface area contributed by atoms with Crippen molar-refractivity contribution in [2.45, 2.75) is 18.9 Å². The SMILES string of the molecule is Cc1ccn2c(=O)c(C(=O)NC3(C(=O)O)CCSC3)cnc2c1. The molecule has 120 valence electrons. The van der Waals surface area contributed by atoms with Gasteiger partial charge in [-0.2, -0.15) is 11.8 Å². The van der Waals surface area contributed by atoms with E-state index in [0.717, 1.165) is 5.56 Å². The molecule has 0 aromatic carbocycles. The van der Waals surface area contributed by atoms with Crippen LogP contribution in [0.1, 0.15) is 22.3 Å². The molecular weight excluding hydrogens is 318 g/mol. The first-order valence-corrected chi connectivity index (χ1v) is 8.20. The number of fused-ring (bicyclic) bond motifs is 1. The lowest BCUT2D eigenvalue weighted by Crippen LogP contribution is -2.55. The van der Waals surface area contributed by atoms with Gasteiger partial charge in [-0.3, -0.25) is 14.0 Å². The Hall–Kier alpha value is -2.35. The molecule has 2 N–H and O–H groups in total. The smallest absolute Gasteiger partial charge is 0.330 e. The largest absolute Gasteiger partial charge is 0.479 e. The average Bonchev–Trinajstić information content (AvgIpc) is 2.97. The molecule has 7 nitrogen and oxygen atoms in total. The van der Waals surface area contributed by atoms with Crippen molar-refractivity contribution >= 4 is 29.3 Å². The predicted octanol–water partition coefficient (Wildman–Crippen LogP) is 0.693. The van der Waals surface area contributed by atoms with Gasteiger partial charge >= 0.3 is 5.97 Å². The molecule has 23 heavy (non-hydrogen) atoms. The van der Waals surface area contributed by atoms with E-state index in [1.807, 2.05) is 6.92 Å². The number of carboxylic acids is 1. The van der Waals surface area contributed by atoms with E-state index in [9.17, 15) is 19.5 Å². The third-order valence-electron chi connectivity index (χ3n) is 3.89. The van der Waals surface area contributed by atoms with Gasteiger partial charge in [0.15, 0.2) is 0 Å². The van der Waals surface area contributed by atoms with Crippen LogP contribution in [0.4, 0.5) is 0 Å². The van der Waals surface area contributed by atoms with E-state index in [-0.39, 0.29) is 11.3 Å². The molecule has 1 fully saturated rings. The summed E-state index contributed by atoms with van der Waals surface area (Å²) in [6.07, 6.45) is 3.08. The van der Waals surface area contributed by atoms with Gasteiger partial charge in [0, 0.05) is 18.1 Å². The van der Waals surface area contributed by atoms with E-state index in [4.69, 9.17) is 0 Å². The third-order valence-corrected chi connectivity index (χ3v) is 5.08. The summed E-state index contributed by atoms with van der Waals surface area (Å²) in [5, 5.41) is 11.9. The number of pyridine rings is 1. The first-order valence-electron chi connectivity index (χ1n) is 7.05. The zero-order chi connectivity index (χ0) is 16.6. The molecular formula is C15H15N3O4S. The van der Waals surface area contributed by atoms with Crippen LogP contribution >= 0.6 is 11.8 Å². The number of nitrogens with one attached hydrogen (secondary N) is 1. The number of carbonyl (C=O) groups is 2. The topological polar surface area (TPSA) is 101 Å². The van der Waals surface area contributed by atoms with Crippen molar-refractivity contribution < 1.29 is 14.7 Å². The van der Waals surface area contributed by atoms with Crippen LogP contribution in [0.5, 0.6) is 0 Å². The maximum Gasteiger partial charge on any atom is 0.330 e. The fraction of sp³-hybridized carbons (Fsp3) is 0.333. The van der Waals surface area contributed by atoms with E-state index in [0.29, 0.717) is 17.8 Å². The normalized spacial score (nSPS) is 20.6. The standard InChI is InChI=1S/C15H15N3O4S/c1-9-2-4-18-11(6-9)16-7-10(13(18)20)12(19)17-15(14(21)22)3-5-23-8-15/h2,4,6-7H,3,5,8H2,1H3,(H,17,19)(H,21,22). The maximum atomic E-state index is 12.4. The molecule has 1 atom stereocenters. The highest BCUT2D eigenvalue weighted by Gasteiger charge is 2.43. The fourth-order valence-electron chi connectivity index (χ4n) is 2.50. The van der Waals surface area contributed by atoms with Crippen LogP contribution in [0, 0.1) is 6.92 Å².